The number of aromatic nitrogens is 2. The molecular formula is C14H14N2O2. The number of aryl methyl sites for hydroxylation is 1. The van der Waals surface area contributed by atoms with Crippen LogP contribution >= 0.6 is 0 Å². The van der Waals surface area contributed by atoms with Crippen LogP contribution in [0.1, 0.15) is 11.1 Å². The van der Waals surface area contributed by atoms with E-state index in [-0.39, 0.29) is 12.3 Å². The number of aliphatic hydroxyl groups excluding tert-OH is 1. The normalized spacial score (nSPS) is 9.89. The van der Waals surface area contributed by atoms with Crippen LogP contribution in [0.2, 0.25) is 0 Å². The van der Waals surface area contributed by atoms with E-state index >= 15 is 0 Å². The highest BCUT2D eigenvalue weighted by Crippen LogP contribution is 2.04. The van der Waals surface area contributed by atoms with Crippen molar-refractivity contribution >= 4 is 0 Å². The average molecular weight is 242 g/mol. The van der Waals surface area contributed by atoms with E-state index in [0.29, 0.717) is 6.54 Å². The summed E-state index contributed by atoms with van der Waals surface area (Å²) in [7, 11) is 1.73. The van der Waals surface area contributed by atoms with Gasteiger partial charge in [-0.05, 0) is 17.7 Å². The van der Waals surface area contributed by atoms with Crippen LogP contribution in [0, 0.1) is 11.8 Å². The molecule has 0 aliphatic heterocycles. The Bertz CT molecular complexity index is 639. The lowest BCUT2D eigenvalue weighted by atomic mass is 10.1. The highest BCUT2D eigenvalue weighted by molar-refractivity contribution is 5.36. The Morgan fingerprint density at radius 1 is 1.22 bits per heavy atom. The quantitative estimate of drug-likeness (QED) is 0.783. The molecule has 0 saturated carbocycles. The fourth-order valence-electron chi connectivity index (χ4n) is 1.66. The first-order valence-corrected chi connectivity index (χ1v) is 5.61. The average Bonchev–Trinajstić information content (AvgIpc) is 2.70. The molecule has 0 amide bonds. The van der Waals surface area contributed by atoms with E-state index in [1.165, 1.54) is 0 Å². The third kappa shape index (κ3) is 2.70. The van der Waals surface area contributed by atoms with Crippen molar-refractivity contribution in [3.63, 3.8) is 0 Å². The minimum absolute atomic E-state index is 0.0286. The molecule has 1 heterocycles. The summed E-state index contributed by atoms with van der Waals surface area (Å²) >= 11 is 0. The SMILES string of the molecule is Cn1ccn(Cc2ccc(C#CCO)cc2)c1=O. The van der Waals surface area contributed by atoms with E-state index in [9.17, 15) is 4.79 Å². The maximum atomic E-state index is 11.7. The number of imidazole rings is 1. The Morgan fingerprint density at radius 2 is 1.94 bits per heavy atom. The zero-order chi connectivity index (χ0) is 13.0. The molecule has 4 nitrogen and oxygen atoms in total. The van der Waals surface area contributed by atoms with E-state index in [2.05, 4.69) is 11.8 Å². The molecule has 0 fully saturated rings. The molecule has 0 unspecified atom stereocenters. The van der Waals surface area contributed by atoms with Crippen LogP contribution in [0.5, 0.6) is 0 Å². The summed E-state index contributed by atoms with van der Waals surface area (Å²) in [4.78, 5) is 11.7. The Hall–Kier alpha value is -2.25. The van der Waals surface area contributed by atoms with Gasteiger partial charge in [0.1, 0.15) is 6.61 Å². The number of hydrogen-bond donors (Lipinski definition) is 1. The van der Waals surface area contributed by atoms with Gasteiger partial charge in [-0.2, -0.15) is 0 Å². The largest absolute Gasteiger partial charge is 0.384 e. The molecule has 0 aliphatic rings. The molecule has 2 aromatic rings. The summed E-state index contributed by atoms with van der Waals surface area (Å²) in [6, 6.07) is 7.62. The molecule has 1 aromatic heterocycles. The first kappa shape index (κ1) is 12.2. The molecule has 4 heteroatoms. The number of aliphatic hydroxyl groups is 1. The van der Waals surface area contributed by atoms with Gasteiger partial charge in [0.05, 0.1) is 6.54 Å². The Labute approximate surface area is 105 Å². The summed E-state index contributed by atoms with van der Waals surface area (Å²) in [5.41, 5.74) is 1.87. The van der Waals surface area contributed by atoms with Crippen LogP contribution in [-0.4, -0.2) is 20.8 Å². The molecule has 2 rings (SSSR count). The molecular weight excluding hydrogens is 228 g/mol. The number of hydrogen-bond acceptors (Lipinski definition) is 2. The van der Waals surface area contributed by atoms with Crippen molar-refractivity contribution in [3.05, 3.63) is 58.3 Å². The molecule has 0 spiro atoms. The maximum absolute atomic E-state index is 11.7. The van der Waals surface area contributed by atoms with Crippen LogP contribution in [0.15, 0.2) is 41.5 Å². The fraction of sp³-hybridized carbons (Fsp3) is 0.214. The highest BCUT2D eigenvalue weighted by atomic mass is 16.2. The molecule has 1 aromatic carbocycles. The fourth-order valence-corrected chi connectivity index (χ4v) is 1.66. The number of nitrogens with zero attached hydrogens (tertiary/aromatic N) is 2. The van der Waals surface area contributed by atoms with E-state index in [4.69, 9.17) is 5.11 Å². The molecule has 0 atom stereocenters. The molecule has 92 valence electrons. The lowest BCUT2D eigenvalue weighted by Gasteiger charge is -2.01. The smallest absolute Gasteiger partial charge is 0.328 e. The second-order valence-corrected chi connectivity index (χ2v) is 3.98. The van der Waals surface area contributed by atoms with Crippen molar-refractivity contribution in [2.45, 2.75) is 6.54 Å². The lowest BCUT2D eigenvalue weighted by Crippen LogP contribution is -2.22. The van der Waals surface area contributed by atoms with Crippen molar-refractivity contribution in [1.29, 1.82) is 0 Å². The van der Waals surface area contributed by atoms with Crippen molar-refractivity contribution in [2.75, 3.05) is 6.61 Å². The van der Waals surface area contributed by atoms with Crippen molar-refractivity contribution in [3.8, 4) is 11.8 Å². The van der Waals surface area contributed by atoms with Gasteiger partial charge in [0.25, 0.3) is 0 Å². The second kappa shape index (κ2) is 5.39. The lowest BCUT2D eigenvalue weighted by molar-refractivity contribution is 0.350. The summed E-state index contributed by atoms with van der Waals surface area (Å²) in [6.07, 6.45) is 3.51. The van der Waals surface area contributed by atoms with Crippen LogP contribution in [0.3, 0.4) is 0 Å². The number of benzene rings is 1. The van der Waals surface area contributed by atoms with E-state index in [1.54, 1.807) is 28.6 Å². The molecule has 0 bridgehead atoms. The van der Waals surface area contributed by atoms with Gasteiger partial charge in [0.2, 0.25) is 0 Å². The zero-order valence-electron chi connectivity index (χ0n) is 10.1. The standard InChI is InChI=1S/C14H14N2O2/c1-15-8-9-16(14(15)18)11-13-6-4-12(5-7-13)3-2-10-17/h4-9,17H,10-11H2,1H3. The Morgan fingerprint density at radius 3 is 2.50 bits per heavy atom. The first-order valence-electron chi connectivity index (χ1n) is 5.61. The third-order valence-corrected chi connectivity index (χ3v) is 2.64. The highest BCUT2D eigenvalue weighted by Gasteiger charge is 2.00. The van der Waals surface area contributed by atoms with Gasteiger partial charge >= 0.3 is 5.69 Å². The summed E-state index contributed by atoms with van der Waals surface area (Å²) in [5, 5.41) is 8.60. The van der Waals surface area contributed by atoms with Gasteiger partial charge in [0, 0.05) is 25.0 Å². The van der Waals surface area contributed by atoms with E-state index in [1.807, 2.05) is 24.3 Å². The van der Waals surface area contributed by atoms with Gasteiger partial charge < -0.3 is 9.67 Å². The van der Waals surface area contributed by atoms with Crippen molar-refractivity contribution in [2.24, 2.45) is 7.05 Å². The monoisotopic (exact) mass is 242 g/mol. The first-order chi connectivity index (χ1) is 8.70. The molecule has 0 saturated heterocycles. The van der Waals surface area contributed by atoms with Gasteiger partial charge in [0.15, 0.2) is 0 Å². The topological polar surface area (TPSA) is 47.2 Å². The third-order valence-electron chi connectivity index (χ3n) is 2.64. The summed E-state index contributed by atoms with van der Waals surface area (Å²) in [6.45, 7) is 0.411. The predicted molar refractivity (Wildman–Crippen MR) is 69.2 cm³/mol. The van der Waals surface area contributed by atoms with E-state index < -0.39 is 0 Å². The van der Waals surface area contributed by atoms with Crippen molar-refractivity contribution in [1.82, 2.24) is 9.13 Å². The van der Waals surface area contributed by atoms with Crippen LogP contribution in [0.25, 0.3) is 0 Å². The van der Waals surface area contributed by atoms with Crippen LogP contribution in [-0.2, 0) is 13.6 Å². The predicted octanol–water partition coefficient (Wildman–Crippen LogP) is 0.579. The Balaban J connectivity index is 2.16. The second-order valence-electron chi connectivity index (χ2n) is 3.98. The van der Waals surface area contributed by atoms with Crippen LogP contribution < -0.4 is 5.69 Å². The van der Waals surface area contributed by atoms with Gasteiger partial charge in [-0.1, -0.05) is 24.0 Å². The Kier molecular flexibility index (Phi) is 3.66. The number of rotatable bonds is 2. The maximum Gasteiger partial charge on any atom is 0.328 e. The summed E-state index contributed by atoms with van der Waals surface area (Å²) in [5.74, 6) is 5.42. The molecule has 0 aliphatic carbocycles. The summed E-state index contributed by atoms with van der Waals surface area (Å²) < 4.78 is 3.19. The van der Waals surface area contributed by atoms with Crippen LogP contribution in [0.4, 0.5) is 0 Å². The van der Waals surface area contributed by atoms with Gasteiger partial charge in [-0.3, -0.25) is 4.57 Å². The molecule has 0 radical (unpaired) electrons. The van der Waals surface area contributed by atoms with E-state index in [0.717, 1.165) is 11.1 Å². The zero-order valence-corrected chi connectivity index (χ0v) is 10.1. The van der Waals surface area contributed by atoms with Gasteiger partial charge in [-0.15, -0.1) is 0 Å². The van der Waals surface area contributed by atoms with Crippen molar-refractivity contribution < 1.29 is 5.11 Å². The minimum Gasteiger partial charge on any atom is -0.384 e. The minimum atomic E-state index is -0.138. The molecule has 18 heavy (non-hydrogen) atoms. The van der Waals surface area contributed by atoms with Gasteiger partial charge in [-0.25, -0.2) is 4.79 Å². The molecule has 1 N–H and O–H groups in total.